The molecule has 0 aliphatic rings. The average Bonchev–Trinajstić information content (AvgIpc) is 2.87. The lowest BCUT2D eigenvalue weighted by Gasteiger charge is -2.09. The molecule has 1 amide bonds. The fourth-order valence-corrected chi connectivity index (χ4v) is 3.07. The molecule has 0 spiro atoms. The molecular weight excluding hydrogens is 320 g/mol. The number of rotatable bonds is 8. The van der Waals surface area contributed by atoms with Gasteiger partial charge in [-0.25, -0.2) is 0 Å². The van der Waals surface area contributed by atoms with Crippen LogP contribution in [-0.2, 0) is 17.8 Å². The van der Waals surface area contributed by atoms with E-state index in [2.05, 4.69) is 35.9 Å². The Morgan fingerprint density at radius 1 is 1.42 bits per heavy atom. The van der Waals surface area contributed by atoms with Gasteiger partial charge >= 0.3 is 0 Å². The summed E-state index contributed by atoms with van der Waals surface area (Å²) in [6.07, 6.45) is 2.68. The fraction of sp³-hybridized carbons (Fsp3) is 0.389. The first-order valence-electron chi connectivity index (χ1n) is 8.02. The third kappa shape index (κ3) is 5.23. The number of hydrogen-bond donors (Lipinski definition) is 1. The van der Waals surface area contributed by atoms with Crippen LogP contribution in [0.25, 0.3) is 0 Å². The SMILES string of the molecule is C=CCn1c(CC(C)C)nnc1SCC(=O)Nc1cccc(C)c1. The topological polar surface area (TPSA) is 59.8 Å². The predicted molar refractivity (Wildman–Crippen MR) is 99.3 cm³/mol. The zero-order valence-electron chi connectivity index (χ0n) is 14.5. The van der Waals surface area contributed by atoms with E-state index in [1.54, 1.807) is 0 Å². The molecule has 1 aromatic carbocycles. The molecule has 1 aromatic heterocycles. The lowest BCUT2D eigenvalue weighted by molar-refractivity contribution is -0.113. The quantitative estimate of drug-likeness (QED) is 0.586. The molecule has 0 unspecified atom stereocenters. The molecule has 24 heavy (non-hydrogen) atoms. The van der Waals surface area contributed by atoms with Crippen LogP contribution >= 0.6 is 11.8 Å². The fourth-order valence-electron chi connectivity index (χ4n) is 2.30. The van der Waals surface area contributed by atoms with Crippen molar-refractivity contribution in [1.82, 2.24) is 14.8 Å². The molecule has 5 nitrogen and oxygen atoms in total. The van der Waals surface area contributed by atoms with Crippen molar-refractivity contribution in [3.05, 3.63) is 48.3 Å². The number of thioether (sulfide) groups is 1. The Morgan fingerprint density at radius 3 is 2.88 bits per heavy atom. The van der Waals surface area contributed by atoms with Gasteiger partial charge in [0.2, 0.25) is 5.91 Å². The highest BCUT2D eigenvalue weighted by Gasteiger charge is 2.14. The molecule has 0 atom stereocenters. The van der Waals surface area contributed by atoms with Crippen molar-refractivity contribution < 1.29 is 4.79 Å². The zero-order chi connectivity index (χ0) is 17.5. The number of nitrogens with zero attached hydrogens (tertiary/aromatic N) is 3. The lowest BCUT2D eigenvalue weighted by atomic mass is 10.1. The van der Waals surface area contributed by atoms with Gasteiger partial charge in [0.25, 0.3) is 0 Å². The Balaban J connectivity index is 1.99. The number of allylic oxidation sites excluding steroid dienone is 1. The average molecular weight is 344 g/mol. The highest BCUT2D eigenvalue weighted by atomic mass is 32.2. The first-order valence-corrected chi connectivity index (χ1v) is 9.00. The van der Waals surface area contributed by atoms with Crippen LogP contribution in [0, 0.1) is 12.8 Å². The van der Waals surface area contributed by atoms with E-state index in [0.29, 0.717) is 18.2 Å². The number of carbonyl (C=O) groups excluding carboxylic acids is 1. The van der Waals surface area contributed by atoms with E-state index in [4.69, 9.17) is 0 Å². The molecule has 6 heteroatoms. The molecule has 128 valence electrons. The minimum atomic E-state index is -0.0517. The second kappa shape index (κ2) is 8.68. The van der Waals surface area contributed by atoms with Crippen LogP contribution in [0.4, 0.5) is 5.69 Å². The van der Waals surface area contributed by atoms with Gasteiger partial charge in [-0.2, -0.15) is 0 Å². The number of carbonyl (C=O) groups is 1. The summed E-state index contributed by atoms with van der Waals surface area (Å²) in [5, 5.41) is 12.2. The standard InChI is InChI=1S/C18H24N4OS/c1-5-9-22-16(10-13(2)3)20-21-18(22)24-12-17(23)19-15-8-6-7-14(4)11-15/h5-8,11,13H,1,9-10,12H2,2-4H3,(H,19,23). The zero-order valence-corrected chi connectivity index (χ0v) is 15.3. The summed E-state index contributed by atoms with van der Waals surface area (Å²) in [7, 11) is 0. The molecule has 1 heterocycles. The summed E-state index contributed by atoms with van der Waals surface area (Å²) < 4.78 is 2.03. The number of aromatic nitrogens is 3. The number of amides is 1. The summed E-state index contributed by atoms with van der Waals surface area (Å²) in [6.45, 7) is 10.7. The van der Waals surface area contributed by atoms with Gasteiger partial charge in [-0.3, -0.25) is 4.79 Å². The van der Waals surface area contributed by atoms with Crippen molar-refractivity contribution in [3.8, 4) is 0 Å². The maximum absolute atomic E-state index is 12.1. The molecule has 0 aliphatic carbocycles. The van der Waals surface area contributed by atoms with E-state index < -0.39 is 0 Å². The number of nitrogens with one attached hydrogen (secondary N) is 1. The van der Waals surface area contributed by atoms with Crippen LogP contribution in [-0.4, -0.2) is 26.4 Å². The van der Waals surface area contributed by atoms with Crippen LogP contribution in [0.5, 0.6) is 0 Å². The van der Waals surface area contributed by atoms with Gasteiger partial charge in [0.15, 0.2) is 5.16 Å². The van der Waals surface area contributed by atoms with E-state index in [1.807, 2.05) is 41.8 Å². The van der Waals surface area contributed by atoms with Crippen molar-refractivity contribution >= 4 is 23.4 Å². The summed E-state index contributed by atoms with van der Waals surface area (Å²) in [4.78, 5) is 12.1. The molecule has 2 aromatic rings. The van der Waals surface area contributed by atoms with Gasteiger partial charge in [-0.1, -0.05) is 43.8 Å². The Hall–Kier alpha value is -2.08. The Bertz CT molecular complexity index is 709. The Morgan fingerprint density at radius 2 is 2.21 bits per heavy atom. The van der Waals surface area contributed by atoms with Gasteiger partial charge in [0.05, 0.1) is 5.75 Å². The van der Waals surface area contributed by atoms with Gasteiger partial charge in [-0.15, -0.1) is 16.8 Å². The van der Waals surface area contributed by atoms with Crippen LogP contribution in [0.3, 0.4) is 0 Å². The number of hydrogen-bond acceptors (Lipinski definition) is 4. The number of anilines is 1. The van der Waals surface area contributed by atoms with E-state index in [-0.39, 0.29) is 5.91 Å². The summed E-state index contributed by atoms with van der Waals surface area (Å²) in [5.41, 5.74) is 1.93. The van der Waals surface area contributed by atoms with E-state index in [1.165, 1.54) is 11.8 Å². The molecule has 0 saturated carbocycles. The van der Waals surface area contributed by atoms with Gasteiger partial charge < -0.3 is 9.88 Å². The monoisotopic (exact) mass is 344 g/mol. The van der Waals surface area contributed by atoms with Crippen molar-refractivity contribution in [2.75, 3.05) is 11.1 Å². The molecule has 0 fully saturated rings. The largest absolute Gasteiger partial charge is 0.325 e. The number of aryl methyl sites for hydroxylation is 1. The van der Waals surface area contributed by atoms with Crippen molar-refractivity contribution in [3.63, 3.8) is 0 Å². The second-order valence-electron chi connectivity index (χ2n) is 6.10. The summed E-state index contributed by atoms with van der Waals surface area (Å²) >= 11 is 1.40. The smallest absolute Gasteiger partial charge is 0.234 e. The van der Waals surface area contributed by atoms with E-state index in [0.717, 1.165) is 28.7 Å². The first-order chi connectivity index (χ1) is 11.5. The molecule has 0 bridgehead atoms. The molecule has 0 saturated heterocycles. The minimum Gasteiger partial charge on any atom is -0.325 e. The molecule has 1 N–H and O–H groups in total. The minimum absolute atomic E-state index is 0.0517. The van der Waals surface area contributed by atoms with Crippen LogP contribution in [0.15, 0.2) is 42.1 Å². The molecule has 2 rings (SSSR count). The third-order valence-electron chi connectivity index (χ3n) is 3.33. The van der Waals surface area contributed by atoms with Gasteiger partial charge in [0, 0.05) is 18.7 Å². The predicted octanol–water partition coefficient (Wildman–Crippen LogP) is 3.70. The highest BCUT2D eigenvalue weighted by molar-refractivity contribution is 7.99. The summed E-state index contributed by atoms with van der Waals surface area (Å²) in [5.74, 6) is 1.68. The van der Waals surface area contributed by atoms with Crippen LogP contribution in [0.2, 0.25) is 0 Å². The van der Waals surface area contributed by atoms with E-state index >= 15 is 0 Å². The van der Waals surface area contributed by atoms with Crippen LogP contribution < -0.4 is 5.32 Å². The van der Waals surface area contributed by atoms with Crippen molar-refractivity contribution in [2.24, 2.45) is 5.92 Å². The van der Waals surface area contributed by atoms with Crippen molar-refractivity contribution in [1.29, 1.82) is 0 Å². The van der Waals surface area contributed by atoms with E-state index in [9.17, 15) is 4.79 Å². The van der Waals surface area contributed by atoms with Gasteiger partial charge in [-0.05, 0) is 30.5 Å². The van der Waals surface area contributed by atoms with Crippen molar-refractivity contribution in [2.45, 2.75) is 38.9 Å². The Kier molecular flexibility index (Phi) is 6.61. The Labute approximate surface area is 147 Å². The second-order valence-corrected chi connectivity index (χ2v) is 7.04. The maximum Gasteiger partial charge on any atom is 0.234 e. The van der Waals surface area contributed by atoms with Gasteiger partial charge in [0.1, 0.15) is 5.82 Å². The maximum atomic E-state index is 12.1. The first kappa shape index (κ1) is 18.3. The lowest BCUT2D eigenvalue weighted by Crippen LogP contribution is -2.15. The molecule has 0 radical (unpaired) electrons. The third-order valence-corrected chi connectivity index (χ3v) is 4.30. The molecule has 0 aliphatic heterocycles. The molecular formula is C18H24N4OS. The normalized spacial score (nSPS) is 10.8. The number of benzene rings is 1. The highest BCUT2D eigenvalue weighted by Crippen LogP contribution is 2.19. The van der Waals surface area contributed by atoms with Crippen LogP contribution in [0.1, 0.15) is 25.2 Å². The summed E-state index contributed by atoms with van der Waals surface area (Å²) in [6, 6.07) is 7.76.